The van der Waals surface area contributed by atoms with Crippen LogP contribution in [0.5, 0.6) is 0 Å². The molecule has 23 heavy (non-hydrogen) atoms. The van der Waals surface area contributed by atoms with Gasteiger partial charge in [0.25, 0.3) is 0 Å². The highest BCUT2D eigenvalue weighted by Crippen LogP contribution is 2.19. The zero-order chi connectivity index (χ0) is 16.1. The van der Waals surface area contributed by atoms with Crippen molar-refractivity contribution in [3.8, 4) is 5.69 Å². The van der Waals surface area contributed by atoms with E-state index in [1.807, 2.05) is 54.7 Å². The van der Waals surface area contributed by atoms with Gasteiger partial charge in [-0.05, 0) is 30.3 Å². The average Bonchev–Trinajstić information content (AvgIpc) is 3.10. The molecule has 6 nitrogen and oxygen atoms in total. The molecule has 0 radical (unpaired) electrons. The lowest BCUT2D eigenvalue weighted by molar-refractivity contribution is 0.220. The Kier molecular flexibility index (Phi) is 4.33. The van der Waals surface area contributed by atoms with Crippen molar-refractivity contribution in [2.24, 2.45) is 0 Å². The molecular formula is C17H17N5O. The second-order valence-corrected chi connectivity index (χ2v) is 5.08. The first-order valence-corrected chi connectivity index (χ1v) is 7.25. The fourth-order valence-corrected chi connectivity index (χ4v) is 2.21. The van der Waals surface area contributed by atoms with Crippen molar-refractivity contribution in [3.05, 3.63) is 72.8 Å². The van der Waals surface area contributed by atoms with Crippen LogP contribution in [0, 0.1) is 0 Å². The van der Waals surface area contributed by atoms with Crippen LogP contribution in [0.1, 0.15) is 5.69 Å². The molecule has 116 valence electrons. The van der Waals surface area contributed by atoms with Crippen molar-refractivity contribution in [1.29, 1.82) is 0 Å². The fraction of sp³-hybridized carbons (Fsp3) is 0.118. The van der Waals surface area contributed by atoms with E-state index in [1.54, 1.807) is 29.0 Å². The Morgan fingerprint density at radius 1 is 1.13 bits per heavy atom. The highest BCUT2D eigenvalue weighted by molar-refractivity contribution is 5.91. The van der Waals surface area contributed by atoms with E-state index in [0.717, 1.165) is 11.4 Å². The SMILES string of the molecule is CN(Cc1ccccn1)C(=O)Nc1ccccc1-n1cccn1. The minimum Gasteiger partial charge on any atom is -0.322 e. The van der Waals surface area contributed by atoms with E-state index in [-0.39, 0.29) is 6.03 Å². The van der Waals surface area contributed by atoms with Gasteiger partial charge in [-0.25, -0.2) is 9.48 Å². The van der Waals surface area contributed by atoms with Gasteiger partial charge in [-0.15, -0.1) is 0 Å². The molecule has 0 aliphatic heterocycles. The molecule has 1 aromatic carbocycles. The number of nitrogens with zero attached hydrogens (tertiary/aromatic N) is 4. The average molecular weight is 307 g/mol. The molecule has 0 bridgehead atoms. The lowest BCUT2D eigenvalue weighted by atomic mass is 10.2. The largest absolute Gasteiger partial charge is 0.322 e. The van der Waals surface area contributed by atoms with Crippen LogP contribution < -0.4 is 5.32 Å². The third kappa shape index (κ3) is 3.55. The molecule has 0 fully saturated rings. The quantitative estimate of drug-likeness (QED) is 0.806. The van der Waals surface area contributed by atoms with Gasteiger partial charge in [-0.1, -0.05) is 18.2 Å². The summed E-state index contributed by atoms with van der Waals surface area (Å²) in [6.45, 7) is 0.441. The minimum absolute atomic E-state index is 0.199. The van der Waals surface area contributed by atoms with Crippen molar-refractivity contribution in [3.63, 3.8) is 0 Å². The summed E-state index contributed by atoms with van der Waals surface area (Å²) in [5.74, 6) is 0. The molecule has 0 aliphatic rings. The fourth-order valence-electron chi connectivity index (χ4n) is 2.21. The predicted molar refractivity (Wildman–Crippen MR) is 88.3 cm³/mol. The van der Waals surface area contributed by atoms with Crippen molar-refractivity contribution < 1.29 is 4.79 Å². The molecule has 1 N–H and O–H groups in total. The van der Waals surface area contributed by atoms with E-state index in [2.05, 4.69) is 15.4 Å². The molecule has 3 aromatic rings. The molecule has 0 unspecified atom stereocenters. The number of amides is 2. The number of benzene rings is 1. The van der Waals surface area contributed by atoms with Crippen LogP contribution in [-0.4, -0.2) is 32.7 Å². The molecule has 3 rings (SSSR count). The molecular weight excluding hydrogens is 290 g/mol. The summed E-state index contributed by atoms with van der Waals surface area (Å²) < 4.78 is 1.72. The van der Waals surface area contributed by atoms with E-state index in [1.165, 1.54) is 0 Å². The molecule has 0 saturated heterocycles. The Morgan fingerprint density at radius 3 is 2.70 bits per heavy atom. The predicted octanol–water partition coefficient (Wildman–Crippen LogP) is 2.93. The monoisotopic (exact) mass is 307 g/mol. The Hall–Kier alpha value is -3.15. The molecule has 0 atom stereocenters. The lowest BCUT2D eigenvalue weighted by Gasteiger charge is -2.19. The smallest absolute Gasteiger partial charge is 0.322 e. The zero-order valence-corrected chi connectivity index (χ0v) is 12.8. The van der Waals surface area contributed by atoms with Crippen LogP contribution in [-0.2, 0) is 6.54 Å². The van der Waals surface area contributed by atoms with Crippen LogP contribution in [0.4, 0.5) is 10.5 Å². The normalized spacial score (nSPS) is 10.3. The molecule has 6 heteroatoms. The maximum atomic E-state index is 12.4. The molecule has 2 amide bonds. The van der Waals surface area contributed by atoms with Gasteiger partial charge in [0.2, 0.25) is 0 Å². The van der Waals surface area contributed by atoms with Gasteiger partial charge in [-0.3, -0.25) is 4.98 Å². The topological polar surface area (TPSA) is 63.1 Å². The Bertz CT molecular complexity index is 771. The summed E-state index contributed by atoms with van der Waals surface area (Å²) in [6.07, 6.45) is 5.25. The van der Waals surface area contributed by atoms with Crippen molar-refractivity contribution >= 4 is 11.7 Å². The van der Waals surface area contributed by atoms with Crippen LogP contribution in [0.3, 0.4) is 0 Å². The first-order valence-electron chi connectivity index (χ1n) is 7.25. The van der Waals surface area contributed by atoms with E-state index >= 15 is 0 Å². The van der Waals surface area contributed by atoms with E-state index in [0.29, 0.717) is 12.2 Å². The first kappa shape index (κ1) is 14.8. The van der Waals surface area contributed by atoms with Crippen LogP contribution in [0.2, 0.25) is 0 Å². The van der Waals surface area contributed by atoms with E-state index in [4.69, 9.17) is 0 Å². The zero-order valence-electron chi connectivity index (χ0n) is 12.8. The Labute approximate surface area is 134 Å². The van der Waals surface area contributed by atoms with E-state index < -0.39 is 0 Å². The van der Waals surface area contributed by atoms with Crippen molar-refractivity contribution in [1.82, 2.24) is 19.7 Å². The molecule has 2 aromatic heterocycles. The third-order valence-corrected chi connectivity index (χ3v) is 3.37. The summed E-state index contributed by atoms with van der Waals surface area (Å²) in [4.78, 5) is 18.2. The third-order valence-electron chi connectivity index (χ3n) is 3.37. The van der Waals surface area contributed by atoms with Gasteiger partial charge in [0.15, 0.2) is 0 Å². The summed E-state index contributed by atoms with van der Waals surface area (Å²) in [5.41, 5.74) is 2.36. The van der Waals surface area contributed by atoms with Gasteiger partial charge in [0, 0.05) is 25.6 Å². The number of hydrogen-bond acceptors (Lipinski definition) is 3. The Balaban J connectivity index is 1.73. The van der Waals surface area contributed by atoms with Gasteiger partial charge >= 0.3 is 6.03 Å². The van der Waals surface area contributed by atoms with E-state index in [9.17, 15) is 4.79 Å². The number of para-hydroxylation sites is 2. The van der Waals surface area contributed by atoms with Gasteiger partial charge in [-0.2, -0.15) is 5.10 Å². The second-order valence-electron chi connectivity index (χ2n) is 5.08. The highest BCUT2D eigenvalue weighted by Gasteiger charge is 2.12. The number of hydrogen-bond donors (Lipinski definition) is 1. The van der Waals surface area contributed by atoms with Gasteiger partial charge < -0.3 is 10.2 Å². The standard InChI is InChI=1S/C17H17N5O/c1-21(13-14-7-4-5-10-18-14)17(23)20-15-8-2-3-9-16(15)22-12-6-11-19-22/h2-12H,13H2,1H3,(H,20,23). The second kappa shape index (κ2) is 6.74. The Morgan fingerprint density at radius 2 is 1.96 bits per heavy atom. The summed E-state index contributed by atoms with van der Waals surface area (Å²) in [5, 5.41) is 7.13. The van der Waals surface area contributed by atoms with Crippen molar-refractivity contribution in [2.45, 2.75) is 6.54 Å². The van der Waals surface area contributed by atoms with Gasteiger partial charge in [0.1, 0.15) is 0 Å². The van der Waals surface area contributed by atoms with Crippen LogP contribution in [0.25, 0.3) is 5.69 Å². The van der Waals surface area contributed by atoms with Crippen molar-refractivity contribution in [2.75, 3.05) is 12.4 Å². The number of aromatic nitrogens is 3. The molecule has 0 saturated carbocycles. The number of carbonyl (C=O) groups is 1. The van der Waals surface area contributed by atoms with Crippen LogP contribution >= 0.6 is 0 Å². The molecule has 0 spiro atoms. The number of carbonyl (C=O) groups excluding carboxylic acids is 1. The van der Waals surface area contributed by atoms with Crippen LogP contribution in [0.15, 0.2) is 67.1 Å². The summed E-state index contributed by atoms with van der Waals surface area (Å²) in [7, 11) is 1.74. The number of pyridine rings is 1. The minimum atomic E-state index is -0.199. The highest BCUT2D eigenvalue weighted by atomic mass is 16.2. The first-order chi connectivity index (χ1) is 11.2. The maximum absolute atomic E-state index is 12.4. The lowest BCUT2D eigenvalue weighted by Crippen LogP contribution is -2.31. The number of anilines is 1. The number of nitrogens with one attached hydrogen (secondary N) is 1. The molecule has 0 aliphatic carbocycles. The van der Waals surface area contributed by atoms with Gasteiger partial charge in [0.05, 0.1) is 23.6 Å². The maximum Gasteiger partial charge on any atom is 0.322 e. The number of rotatable bonds is 4. The number of urea groups is 1. The summed E-state index contributed by atoms with van der Waals surface area (Å²) >= 11 is 0. The molecule has 2 heterocycles. The summed E-state index contributed by atoms with van der Waals surface area (Å²) in [6, 6.07) is 14.8.